The highest BCUT2D eigenvalue weighted by Crippen LogP contribution is 2.28. The highest BCUT2D eigenvalue weighted by Gasteiger charge is 2.26. The summed E-state index contributed by atoms with van der Waals surface area (Å²) in [4.78, 5) is 27.5. The topological polar surface area (TPSA) is 67.9 Å². The van der Waals surface area contributed by atoms with Crippen molar-refractivity contribution >= 4 is 11.8 Å². The maximum Gasteiger partial charge on any atom is 0.242 e. The molecule has 0 unspecified atom stereocenters. The Hall–Kier alpha value is -3.02. The smallest absolute Gasteiger partial charge is 0.242 e. The van der Waals surface area contributed by atoms with E-state index in [4.69, 9.17) is 9.47 Å². The zero-order chi connectivity index (χ0) is 22.1. The van der Waals surface area contributed by atoms with Crippen LogP contribution in [0.4, 0.5) is 0 Å². The van der Waals surface area contributed by atoms with Crippen molar-refractivity contribution in [3.05, 3.63) is 59.7 Å². The molecule has 2 rings (SSSR count). The van der Waals surface area contributed by atoms with Gasteiger partial charge in [0, 0.05) is 13.1 Å². The van der Waals surface area contributed by atoms with Crippen molar-refractivity contribution < 1.29 is 19.1 Å². The van der Waals surface area contributed by atoms with E-state index < -0.39 is 6.04 Å². The van der Waals surface area contributed by atoms with Gasteiger partial charge >= 0.3 is 0 Å². The molecule has 1 atom stereocenters. The Morgan fingerprint density at radius 1 is 0.933 bits per heavy atom. The third-order valence-corrected chi connectivity index (χ3v) is 4.85. The standard InChI is InChI=1S/C24H32N2O4/c1-17(2)15-25-24(28)18(3)26(16-19-9-7-6-8-10-19)23(27)14-20-11-12-21(29-4)22(13-20)30-5/h6-13,17-18H,14-16H2,1-5H3,(H,25,28)/t18-/m1/s1. The van der Waals surface area contributed by atoms with Gasteiger partial charge in [-0.25, -0.2) is 0 Å². The van der Waals surface area contributed by atoms with Crippen molar-refractivity contribution in [2.24, 2.45) is 5.92 Å². The lowest BCUT2D eigenvalue weighted by atomic mass is 10.1. The van der Waals surface area contributed by atoms with Crippen LogP contribution in [0.1, 0.15) is 31.9 Å². The molecular formula is C24H32N2O4. The number of methoxy groups -OCH3 is 2. The van der Waals surface area contributed by atoms with Gasteiger partial charge in [-0.1, -0.05) is 50.2 Å². The fraction of sp³-hybridized carbons (Fsp3) is 0.417. The second-order valence-electron chi connectivity index (χ2n) is 7.69. The monoisotopic (exact) mass is 412 g/mol. The van der Waals surface area contributed by atoms with E-state index in [1.165, 1.54) is 0 Å². The highest BCUT2D eigenvalue weighted by atomic mass is 16.5. The summed E-state index contributed by atoms with van der Waals surface area (Å²) in [5.41, 5.74) is 1.77. The third kappa shape index (κ3) is 6.51. The predicted molar refractivity (Wildman–Crippen MR) is 118 cm³/mol. The molecule has 0 saturated heterocycles. The van der Waals surface area contributed by atoms with E-state index in [0.717, 1.165) is 11.1 Å². The molecule has 6 nitrogen and oxygen atoms in total. The van der Waals surface area contributed by atoms with Gasteiger partial charge in [-0.05, 0) is 36.1 Å². The molecular weight excluding hydrogens is 380 g/mol. The van der Waals surface area contributed by atoms with Gasteiger partial charge in [0.2, 0.25) is 11.8 Å². The quantitative estimate of drug-likeness (QED) is 0.649. The van der Waals surface area contributed by atoms with Gasteiger partial charge in [0.15, 0.2) is 11.5 Å². The van der Waals surface area contributed by atoms with Crippen LogP contribution >= 0.6 is 0 Å². The summed E-state index contributed by atoms with van der Waals surface area (Å²) >= 11 is 0. The maximum absolute atomic E-state index is 13.2. The van der Waals surface area contributed by atoms with Crippen LogP contribution in [0.25, 0.3) is 0 Å². The van der Waals surface area contributed by atoms with Crippen LogP contribution in [0, 0.1) is 5.92 Å². The summed E-state index contributed by atoms with van der Waals surface area (Å²) in [6.45, 7) is 6.78. The molecule has 0 spiro atoms. The number of benzene rings is 2. The van der Waals surface area contributed by atoms with Crippen LogP contribution in [0.3, 0.4) is 0 Å². The number of nitrogens with zero attached hydrogens (tertiary/aromatic N) is 1. The van der Waals surface area contributed by atoms with Crippen LogP contribution in [0.15, 0.2) is 48.5 Å². The number of ether oxygens (including phenoxy) is 2. The van der Waals surface area contributed by atoms with Crippen LogP contribution in [0.5, 0.6) is 11.5 Å². The molecule has 0 aliphatic carbocycles. The number of amides is 2. The molecule has 30 heavy (non-hydrogen) atoms. The summed E-state index contributed by atoms with van der Waals surface area (Å²) in [6, 6.07) is 14.5. The molecule has 0 saturated carbocycles. The number of carbonyl (C=O) groups is 2. The van der Waals surface area contributed by atoms with E-state index in [1.54, 1.807) is 38.2 Å². The minimum absolute atomic E-state index is 0.127. The maximum atomic E-state index is 13.2. The van der Waals surface area contributed by atoms with Crippen molar-refractivity contribution in [3.8, 4) is 11.5 Å². The number of nitrogens with one attached hydrogen (secondary N) is 1. The lowest BCUT2D eigenvalue weighted by Crippen LogP contribution is -2.48. The van der Waals surface area contributed by atoms with E-state index in [9.17, 15) is 9.59 Å². The molecule has 1 N–H and O–H groups in total. The molecule has 0 fully saturated rings. The Kier molecular flexibility index (Phi) is 8.71. The first kappa shape index (κ1) is 23.3. The Morgan fingerprint density at radius 3 is 2.20 bits per heavy atom. The van der Waals surface area contributed by atoms with E-state index >= 15 is 0 Å². The van der Waals surface area contributed by atoms with Crippen LogP contribution in [-0.4, -0.2) is 43.5 Å². The summed E-state index contributed by atoms with van der Waals surface area (Å²) in [7, 11) is 3.13. The normalized spacial score (nSPS) is 11.7. The molecule has 0 aliphatic rings. The molecule has 0 aromatic heterocycles. The Morgan fingerprint density at radius 2 is 1.60 bits per heavy atom. The van der Waals surface area contributed by atoms with Gasteiger partial charge in [0.05, 0.1) is 20.6 Å². The van der Waals surface area contributed by atoms with Crippen LogP contribution in [-0.2, 0) is 22.6 Å². The first-order valence-electron chi connectivity index (χ1n) is 10.2. The summed E-state index contributed by atoms with van der Waals surface area (Å²) < 4.78 is 10.6. The molecule has 2 aromatic carbocycles. The zero-order valence-corrected chi connectivity index (χ0v) is 18.5. The number of rotatable bonds is 10. The molecule has 2 aromatic rings. The number of hydrogen-bond donors (Lipinski definition) is 1. The predicted octanol–water partition coefficient (Wildman–Crippen LogP) is 3.44. The number of carbonyl (C=O) groups excluding carboxylic acids is 2. The van der Waals surface area contributed by atoms with E-state index in [0.29, 0.717) is 30.5 Å². The van der Waals surface area contributed by atoms with Gasteiger partial charge in [0.25, 0.3) is 0 Å². The molecule has 2 amide bonds. The summed E-state index contributed by atoms with van der Waals surface area (Å²) in [5.74, 6) is 1.24. The average Bonchev–Trinajstić information content (AvgIpc) is 2.75. The second-order valence-corrected chi connectivity index (χ2v) is 7.69. The van der Waals surface area contributed by atoms with Crippen molar-refractivity contribution in [2.75, 3.05) is 20.8 Å². The van der Waals surface area contributed by atoms with E-state index in [2.05, 4.69) is 5.32 Å². The van der Waals surface area contributed by atoms with Gasteiger partial charge in [-0.15, -0.1) is 0 Å². The van der Waals surface area contributed by atoms with Gasteiger partial charge in [0.1, 0.15) is 6.04 Å². The Balaban J connectivity index is 2.22. The van der Waals surface area contributed by atoms with Crippen molar-refractivity contribution in [2.45, 2.75) is 39.8 Å². The summed E-state index contributed by atoms with van der Waals surface area (Å²) in [6.07, 6.45) is 0.162. The van der Waals surface area contributed by atoms with Crippen molar-refractivity contribution in [3.63, 3.8) is 0 Å². The second kappa shape index (κ2) is 11.2. The summed E-state index contributed by atoms with van der Waals surface area (Å²) in [5, 5.41) is 2.93. The first-order chi connectivity index (χ1) is 14.3. The first-order valence-corrected chi connectivity index (χ1v) is 10.2. The highest BCUT2D eigenvalue weighted by molar-refractivity contribution is 5.88. The molecule has 0 radical (unpaired) electrons. The minimum atomic E-state index is -0.586. The molecule has 6 heteroatoms. The molecule has 0 aliphatic heterocycles. The Labute approximate surface area is 179 Å². The van der Waals surface area contributed by atoms with Crippen molar-refractivity contribution in [1.29, 1.82) is 0 Å². The Bertz CT molecular complexity index is 836. The van der Waals surface area contributed by atoms with Crippen LogP contribution < -0.4 is 14.8 Å². The fourth-order valence-corrected chi connectivity index (χ4v) is 3.08. The minimum Gasteiger partial charge on any atom is -0.493 e. The SMILES string of the molecule is COc1ccc(CC(=O)N(Cc2ccccc2)[C@H](C)C(=O)NCC(C)C)cc1OC. The largest absolute Gasteiger partial charge is 0.493 e. The van der Waals surface area contributed by atoms with Gasteiger partial charge in [-0.2, -0.15) is 0 Å². The van der Waals surface area contributed by atoms with Crippen LogP contribution in [0.2, 0.25) is 0 Å². The van der Waals surface area contributed by atoms with Crippen molar-refractivity contribution in [1.82, 2.24) is 10.2 Å². The third-order valence-electron chi connectivity index (χ3n) is 4.85. The number of hydrogen-bond acceptors (Lipinski definition) is 4. The van der Waals surface area contributed by atoms with Gasteiger partial charge in [-0.3, -0.25) is 9.59 Å². The van der Waals surface area contributed by atoms with E-state index in [-0.39, 0.29) is 18.2 Å². The lowest BCUT2D eigenvalue weighted by molar-refractivity contribution is -0.140. The lowest BCUT2D eigenvalue weighted by Gasteiger charge is -2.29. The molecule has 0 heterocycles. The molecule has 0 bridgehead atoms. The fourth-order valence-electron chi connectivity index (χ4n) is 3.08. The zero-order valence-electron chi connectivity index (χ0n) is 18.5. The van der Waals surface area contributed by atoms with E-state index in [1.807, 2.05) is 50.2 Å². The average molecular weight is 413 g/mol. The molecule has 162 valence electrons. The van der Waals surface area contributed by atoms with Gasteiger partial charge < -0.3 is 19.7 Å².